The van der Waals surface area contributed by atoms with Gasteiger partial charge in [-0.3, -0.25) is 14.9 Å². The molecule has 0 bridgehead atoms. The number of rotatable bonds is 6. The summed E-state index contributed by atoms with van der Waals surface area (Å²) >= 11 is 0. The molecule has 4 rings (SSSR count). The average molecular weight is 411 g/mol. The second kappa shape index (κ2) is 8.57. The molecule has 29 heavy (non-hydrogen) atoms. The molecule has 0 saturated carbocycles. The highest BCUT2D eigenvalue weighted by Crippen LogP contribution is 2.27. The molecule has 1 unspecified atom stereocenters. The molecule has 0 amide bonds. The molecule has 0 N–H and O–H groups in total. The van der Waals surface area contributed by atoms with Crippen LogP contribution < -0.4 is 0 Å². The van der Waals surface area contributed by atoms with E-state index in [-0.39, 0.29) is 6.04 Å². The van der Waals surface area contributed by atoms with Crippen LogP contribution in [0.25, 0.3) is 10.9 Å². The van der Waals surface area contributed by atoms with Crippen LogP contribution in [0.4, 0.5) is 0 Å². The van der Waals surface area contributed by atoms with E-state index in [0.29, 0.717) is 23.5 Å². The molecule has 0 spiro atoms. The van der Waals surface area contributed by atoms with Crippen LogP contribution in [0.3, 0.4) is 0 Å². The van der Waals surface area contributed by atoms with E-state index in [1.807, 2.05) is 30.3 Å². The smallest absolute Gasteiger partial charge is 0.245 e. The molecule has 0 aliphatic carbocycles. The first-order chi connectivity index (χ1) is 14.1. The summed E-state index contributed by atoms with van der Waals surface area (Å²) in [7, 11) is -3.60. The van der Waals surface area contributed by atoms with Gasteiger partial charge in [-0.25, -0.2) is 8.42 Å². The number of sulfonamides is 1. The van der Waals surface area contributed by atoms with Gasteiger partial charge in [0.05, 0.1) is 5.52 Å². The van der Waals surface area contributed by atoms with E-state index in [2.05, 4.69) is 21.8 Å². The zero-order chi connectivity index (χ0) is 20.3. The van der Waals surface area contributed by atoms with E-state index in [0.717, 1.165) is 31.3 Å². The van der Waals surface area contributed by atoms with Crippen LogP contribution in [0.2, 0.25) is 0 Å². The summed E-state index contributed by atoms with van der Waals surface area (Å²) in [6, 6.07) is 13.3. The molecular weight excluding hydrogens is 384 g/mol. The number of fused-ring (bicyclic) bond motifs is 1. The van der Waals surface area contributed by atoms with Gasteiger partial charge in [0.1, 0.15) is 4.90 Å². The second-order valence-corrected chi connectivity index (χ2v) is 9.32. The Morgan fingerprint density at radius 3 is 2.69 bits per heavy atom. The Bertz CT molecular complexity index is 1070. The highest BCUT2D eigenvalue weighted by molar-refractivity contribution is 7.89. The predicted octanol–water partition coefficient (Wildman–Crippen LogP) is 3.31. The fourth-order valence-corrected chi connectivity index (χ4v) is 5.76. The molecule has 6 nitrogen and oxygen atoms in total. The lowest BCUT2D eigenvalue weighted by molar-refractivity contribution is 0.134. The molecule has 1 aromatic carbocycles. The van der Waals surface area contributed by atoms with Gasteiger partial charge >= 0.3 is 0 Å². The molecule has 1 aliphatic rings. The Balaban J connectivity index is 1.58. The van der Waals surface area contributed by atoms with Crippen molar-refractivity contribution in [1.29, 1.82) is 0 Å². The van der Waals surface area contributed by atoms with Crippen LogP contribution in [-0.2, 0) is 16.6 Å². The van der Waals surface area contributed by atoms with Gasteiger partial charge in [-0.05, 0) is 49.2 Å². The van der Waals surface area contributed by atoms with Crippen molar-refractivity contribution in [2.75, 3.05) is 19.6 Å². The summed E-state index contributed by atoms with van der Waals surface area (Å²) in [6.07, 6.45) is 7.10. The van der Waals surface area contributed by atoms with Gasteiger partial charge in [0.25, 0.3) is 0 Å². The summed E-state index contributed by atoms with van der Waals surface area (Å²) in [5, 5.41) is 0.843. The first-order valence-electron chi connectivity index (χ1n) is 10.1. The van der Waals surface area contributed by atoms with Crippen LogP contribution in [0.15, 0.2) is 66.0 Å². The summed E-state index contributed by atoms with van der Waals surface area (Å²) in [5.41, 5.74) is 1.74. The average Bonchev–Trinajstić information content (AvgIpc) is 2.78. The minimum absolute atomic E-state index is 0.194. The SMILES string of the molecule is CCN(Cc1ccncc1)C1CCCN(S(=O)(=O)c2cccc3cccnc23)C1. The minimum Gasteiger partial charge on any atom is -0.295 e. The lowest BCUT2D eigenvalue weighted by Crippen LogP contribution is -2.49. The number of pyridine rings is 2. The third-order valence-electron chi connectivity index (χ3n) is 5.63. The van der Waals surface area contributed by atoms with Crippen molar-refractivity contribution in [2.24, 2.45) is 0 Å². The normalized spacial score (nSPS) is 18.3. The van der Waals surface area contributed by atoms with Crippen LogP contribution in [0.5, 0.6) is 0 Å². The van der Waals surface area contributed by atoms with Crippen molar-refractivity contribution in [3.05, 3.63) is 66.6 Å². The topological polar surface area (TPSA) is 66.4 Å². The molecule has 152 valence electrons. The van der Waals surface area contributed by atoms with E-state index in [1.54, 1.807) is 35.0 Å². The maximum Gasteiger partial charge on any atom is 0.245 e. The molecule has 1 atom stereocenters. The molecule has 1 aliphatic heterocycles. The first kappa shape index (κ1) is 19.9. The lowest BCUT2D eigenvalue weighted by Gasteiger charge is -2.38. The quantitative estimate of drug-likeness (QED) is 0.624. The molecule has 7 heteroatoms. The lowest BCUT2D eigenvalue weighted by atomic mass is 10.1. The molecule has 2 aromatic heterocycles. The number of aromatic nitrogens is 2. The maximum atomic E-state index is 13.5. The third-order valence-corrected chi connectivity index (χ3v) is 7.53. The van der Waals surface area contributed by atoms with Crippen molar-refractivity contribution < 1.29 is 8.42 Å². The Morgan fingerprint density at radius 2 is 1.90 bits per heavy atom. The van der Waals surface area contributed by atoms with Gasteiger partial charge in [-0.15, -0.1) is 0 Å². The van der Waals surface area contributed by atoms with Crippen LogP contribution in [-0.4, -0.2) is 53.3 Å². The summed E-state index contributed by atoms with van der Waals surface area (Å²) in [5.74, 6) is 0. The second-order valence-electron chi connectivity index (χ2n) is 7.41. The van der Waals surface area contributed by atoms with Crippen molar-refractivity contribution in [1.82, 2.24) is 19.2 Å². The van der Waals surface area contributed by atoms with Crippen molar-refractivity contribution in [2.45, 2.75) is 37.2 Å². The monoisotopic (exact) mass is 410 g/mol. The number of nitrogens with zero attached hydrogens (tertiary/aromatic N) is 4. The molecule has 3 heterocycles. The zero-order valence-corrected chi connectivity index (χ0v) is 17.4. The Kier molecular flexibility index (Phi) is 5.89. The van der Waals surface area contributed by atoms with Gasteiger partial charge < -0.3 is 0 Å². The summed E-state index contributed by atoms with van der Waals surface area (Å²) in [4.78, 5) is 11.1. The zero-order valence-electron chi connectivity index (χ0n) is 16.6. The fourth-order valence-electron chi connectivity index (χ4n) is 4.08. The van der Waals surface area contributed by atoms with E-state index < -0.39 is 10.0 Å². The van der Waals surface area contributed by atoms with Crippen molar-refractivity contribution >= 4 is 20.9 Å². The number of para-hydroxylation sites is 1. The fraction of sp³-hybridized carbons (Fsp3) is 0.364. The Hall–Kier alpha value is -2.35. The van der Waals surface area contributed by atoms with Crippen LogP contribution in [0, 0.1) is 0 Å². The van der Waals surface area contributed by atoms with Gasteiger partial charge in [-0.1, -0.05) is 25.1 Å². The van der Waals surface area contributed by atoms with Gasteiger partial charge in [0.2, 0.25) is 10.0 Å². The predicted molar refractivity (Wildman–Crippen MR) is 114 cm³/mol. The largest absolute Gasteiger partial charge is 0.295 e. The van der Waals surface area contributed by atoms with Crippen LogP contribution >= 0.6 is 0 Å². The number of benzene rings is 1. The molecular formula is C22H26N4O2S. The van der Waals surface area contributed by atoms with Crippen LogP contribution in [0.1, 0.15) is 25.3 Å². The van der Waals surface area contributed by atoms with Gasteiger partial charge in [0, 0.05) is 49.7 Å². The number of hydrogen-bond donors (Lipinski definition) is 0. The van der Waals surface area contributed by atoms with Crippen molar-refractivity contribution in [3.63, 3.8) is 0 Å². The van der Waals surface area contributed by atoms with Gasteiger partial charge in [-0.2, -0.15) is 4.31 Å². The first-order valence-corrected chi connectivity index (χ1v) is 11.5. The van der Waals surface area contributed by atoms with Crippen molar-refractivity contribution in [3.8, 4) is 0 Å². The molecule has 3 aromatic rings. The molecule has 0 radical (unpaired) electrons. The van der Waals surface area contributed by atoms with Gasteiger partial charge in [0.15, 0.2) is 0 Å². The molecule has 1 saturated heterocycles. The highest BCUT2D eigenvalue weighted by Gasteiger charge is 2.33. The summed E-state index contributed by atoms with van der Waals surface area (Å²) < 4.78 is 28.6. The number of piperidine rings is 1. The minimum atomic E-state index is -3.60. The standard InChI is InChI=1S/C22H26N4O2S/c1-2-25(16-18-10-13-23-14-11-18)20-8-5-15-26(17-20)29(27,28)21-9-3-6-19-7-4-12-24-22(19)21/h3-4,6-7,9-14,20H,2,5,8,15-17H2,1H3. The van der Waals surface area contributed by atoms with E-state index in [9.17, 15) is 8.42 Å². The van der Waals surface area contributed by atoms with E-state index in [4.69, 9.17) is 0 Å². The summed E-state index contributed by atoms with van der Waals surface area (Å²) in [6.45, 7) is 4.85. The van der Waals surface area contributed by atoms with E-state index >= 15 is 0 Å². The number of hydrogen-bond acceptors (Lipinski definition) is 5. The third kappa shape index (κ3) is 4.17. The maximum absolute atomic E-state index is 13.5. The highest BCUT2D eigenvalue weighted by atomic mass is 32.2. The number of likely N-dealkylation sites (N-methyl/N-ethyl adjacent to an activating group) is 1. The Morgan fingerprint density at radius 1 is 1.10 bits per heavy atom. The Labute approximate surface area is 172 Å². The molecule has 1 fully saturated rings. The van der Waals surface area contributed by atoms with E-state index in [1.165, 1.54) is 5.56 Å².